The van der Waals surface area contributed by atoms with E-state index in [-0.39, 0.29) is 23.6 Å². The molecule has 3 unspecified atom stereocenters. The molecule has 1 N–H and O–H groups in total. The van der Waals surface area contributed by atoms with Crippen molar-refractivity contribution < 1.29 is 19.1 Å². The average Bonchev–Trinajstić information content (AvgIpc) is 3.26. The van der Waals surface area contributed by atoms with Crippen LogP contribution in [-0.4, -0.2) is 26.0 Å². The molecule has 1 aromatic carbocycles. The number of allylic oxidation sites excluding steroid dienone is 2. The third-order valence-electron chi connectivity index (χ3n) is 5.72. The Balaban J connectivity index is 1.78. The molecular weight excluding hydrogens is 386 g/mol. The number of carbonyl (C=O) groups excluding carboxylic acids is 2. The number of Topliss-reactive ketones (excluding diaryl/α,β-unsaturated/α-hetero) is 1. The standard InChI is InChI=1S/C23H23NO4S/c1-13-20(23(26)28-3)22(19-9-6-10-29-19)21-16(24-13)11-14(12-17(21)25)15-7-4-5-8-18(15)27-2/h4-10,14,20,22,24H,1,11-12H2,2-3H3. The zero-order valence-electron chi connectivity index (χ0n) is 16.4. The second-order valence-electron chi connectivity index (χ2n) is 7.31. The van der Waals surface area contributed by atoms with Crippen LogP contribution in [-0.2, 0) is 14.3 Å². The highest BCUT2D eigenvalue weighted by Crippen LogP contribution is 2.48. The van der Waals surface area contributed by atoms with E-state index in [9.17, 15) is 9.59 Å². The Labute approximate surface area is 174 Å². The molecule has 1 aromatic heterocycles. The highest BCUT2D eigenvalue weighted by molar-refractivity contribution is 7.10. The number of hydrogen-bond donors (Lipinski definition) is 1. The maximum atomic E-state index is 13.4. The van der Waals surface area contributed by atoms with E-state index in [1.54, 1.807) is 18.4 Å². The number of para-hydroxylation sites is 1. The first kappa shape index (κ1) is 19.5. The summed E-state index contributed by atoms with van der Waals surface area (Å²) in [4.78, 5) is 26.9. The summed E-state index contributed by atoms with van der Waals surface area (Å²) >= 11 is 1.54. The molecule has 0 fully saturated rings. The van der Waals surface area contributed by atoms with Gasteiger partial charge in [0.1, 0.15) is 11.7 Å². The van der Waals surface area contributed by atoms with E-state index >= 15 is 0 Å². The maximum absolute atomic E-state index is 13.4. The zero-order valence-corrected chi connectivity index (χ0v) is 17.3. The van der Waals surface area contributed by atoms with Gasteiger partial charge in [0.15, 0.2) is 5.78 Å². The van der Waals surface area contributed by atoms with Crippen LogP contribution >= 0.6 is 11.3 Å². The summed E-state index contributed by atoms with van der Waals surface area (Å²) in [6, 6.07) is 11.7. The van der Waals surface area contributed by atoms with Crippen molar-refractivity contribution in [2.24, 2.45) is 5.92 Å². The van der Waals surface area contributed by atoms with Crippen LogP contribution in [0.5, 0.6) is 5.75 Å². The molecular formula is C23H23NO4S. The predicted molar refractivity (Wildman–Crippen MR) is 112 cm³/mol. The van der Waals surface area contributed by atoms with E-state index < -0.39 is 5.92 Å². The van der Waals surface area contributed by atoms with E-state index in [4.69, 9.17) is 9.47 Å². The van der Waals surface area contributed by atoms with Crippen LogP contribution in [0.4, 0.5) is 0 Å². The highest BCUT2D eigenvalue weighted by atomic mass is 32.1. The first-order valence-corrected chi connectivity index (χ1v) is 10.4. The number of methoxy groups -OCH3 is 2. The second kappa shape index (κ2) is 7.87. The molecule has 5 nitrogen and oxygen atoms in total. The summed E-state index contributed by atoms with van der Waals surface area (Å²) in [7, 11) is 3.01. The van der Waals surface area contributed by atoms with Crippen LogP contribution < -0.4 is 10.1 Å². The summed E-state index contributed by atoms with van der Waals surface area (Å²) in [5.74, 6) is -0.523. The fourth-order valence-electron chi connectivity index (χ4n) is 4.45. The Morgan fingerprint density at radius 2 is 1.97 bits per heavy atom. The van der Waals surface area contributed by atoms with Gasteiger partial charge in [-0.3, -0.25) is 9.59 Å². The second-order valence-corrected chi connectivity index (χ2v) is 8.29. The number of thiophene rings is 1. The van der Waals surface area contributed by atoms with Crippen molar-refractivity contribution in [3.8, 4) is 5.75 Å². The van der Waals surface area contributed by atoms with E-state index in [1.807, 2.05) is 41.8 Å². The van der Waals surface area contributed by atoms with Crippen molar-refractivity contribution in [2.75, 3.05) is 14.2 Å². The van der Waals surface area contributed by atoms with E-state index in [0.717, 1.165) is 21.9 Å². The number of ether oxygens (including phenoxy) is 2. The quantitative estimate of drug-likeness (QED) is 0.769. The molecule has 0 spiro atoms. The third kappa shape index (κ3) is 3.38. The number of ketones is 1. The SMILES string of the molecule is C=C1NC2=C(C(=O)CC(c3ccccc3OC)C2)C(c2cccs2)C1C(=O)OC. The molecule has 6 heteroatoms. The Hall–Kier alpha value is -2.86. The molecule has 0 radical (unpaired) electrons. The number of benzene rings is 1. The van der Waals surface area contributed by atoms with E-state index in [2.05, 4.69) is 11.9 Å². The van der Waals surface area contributed by atoms with Gasteiger partial charge in [0.25, 0.3) is 0 Å². The molecule has 2 aromatic rings. The lowest BCUT2D eigenvalue weighted by molar-refractivity contribution is -0.144. The van der Waals surface area contributed by atoms with Crippen molar-refractivity contribution in [1.29, 1.82) is 0 Å². The molecule has 0 bridgehead atoms. The van der Waals surface area contributed by atoms with Crippen molar-refractivity contribution in [2.45, 2.75) is 24.7 Å². The van der Waals surface area contributed by atoms with Gasteiger partial charge in [-0.2, -0.15) is 0 Å². The Kier molecular flexibility index (Phi) is 5.28. The van der Waals surface area contributed by atoms with Gasteiger partial charge in [0, 0.05) is 40.1 Å². The molecule has 1 aliphatic carbocycles. The molecule has 2 aliphatic rings. The molecule has 1 aliphatic heterocycles. The van der Waals surface area contributed by atoms with Crippen LogP contribution in [0, 0.1) is 5.92 Å². The molecule has 3 atom stereocenters. The van der Waals surface area contributed by atoms with Crippen LogP contribution in [0.25, 0.3) is 0 Å². The van der Waals surface area contributed by atoms with Gasteiger partial charge >= 0.3 is 5.97 Å². The first-order valence-electron chi connectivity index (χ1n) is 9.51. The van der Waals surface area contributed by atoms with Gasteiger partial charge in [-0.25, -0.2) is 0 Å². The smallest absolute Gasteiger partial charge is 0.315 e. The van der Waals surface area contributed by atoms with Crippen LogP contribution in [0.1, 0.15) is 35.1 Å². The van der Waals surface area contributed by atoms with Crippen LogP contribution in [0.3, 0.4) is 0 Å². The van der Waals surface area contributed by atoms with Gasteiger partial charge < -0.3 is 14.8 Å². The van der Waals surface area contributed by atoms with Crippen LogP contribution in [0.15, 0.2) is 65.3 Å². The number of carbonyl (C=O) groups is 2. The van der Waals surface area contributed by atoms with Gasteiger partial charge in [0.2, 0.25) is 0 Å². The molecule has 0 saturated carbocycles. The summed E-state index contributed by atoms with van der Waals surface area (Å²) in [5, 5.41) is 5.23. The fraction of sp³-hybridized carbons (Fsp3) is 0.304. The van der Waals surface area contributed by atoms with Crippen LogP contribution in [0.2, 0.25) is 0 Å². The summed E-state index contributed by atoms with van der Waals surface area (Å²) in [5.41, 5.74) is 3.12. The maximum Gasteiger partial charge on any atom is 0.315 e. The Morgan fingerprint density at radius 1 is 1.17 bits per heavy atom. The first-order chi connectivity index (χ1) is 14.0. The molecule has 150 valence electrons. The minimum absolute atomic E-state index is 0.0105. The molecule has 2 heterocycles. The molecule has 0 saturated heterocycles. The largest absolute Gasteiger partial charge is 0.496 e. The summed E-state index contributed by atoms with van der Waals surface area (Å²) in [6.45, 7) is 4.09. The average molecular weight is 410 g/mol. The minimum atomic E-state index is -0.621. The van der Waals surface area contributed by atoms with Gasteiger partial charge in [0.05, 0.1) is 14.2 Å². The fourth-order valence-corrected chi connectivity index (χ4v) is 5.33. The van der Waals surface area contributed by atoms with E-state index in [1.165, 1.54) is 7.11 Å². The van der Waals surface area contributed by atoms with Crippen molar-refractivity contribution in [3.05, 3.63) is 75.8 Å². The van der Waals surface area contributed by atoms with Crippen molar-refractivity contribution >= 4 is 23.1 Å². The number of esters is 1. The lowest BCUT2D eigenvalue weighted by atomic mass is 9.70. The van der Waals surface area contributed by atoms with Crippen molar-refractivity contribution in [3.63, 3.8) is 0 Å². The van der Waals surface area contributed by atoms with Gasteiger partial charge in [-0.15, -0.1) is 11.3 Å². The van der Waals surface area contributed by atoms with Gasteiger partial charge in [-0.1, -0.05) is 30.8 Å². The number of nitrogens with one attached hydrogen (secondary N) is 1. The zero-order chi connectivity index (χ0) is 20.5. The number of rotatable bonds is 4. The summed E-state index contributed by atoms with van der Waals surface area (Å²) in [6.07, 6.45) is 1.04. The highest BCUT2D eigenvalue weighted by Gasteiger charge is 2.45. The van der Waals surface area contributed by atoms with E-state index in [0.29, 0.717) is 24.1 Å². The lowest BCUT2D eigenvalue weighted by Crippen LogP contribution is -2.41. The number of hydrogen-bond acceptors (Lipinski definition) is 6. The normalized spacial score (nSPS) is 24.0. The van der Waals surface area contributed by atoms with Gasteiger partial charge in [-0.05, 0) is 29.5 Å². The molecule has 29 heavy (non-hydrogen) atoms. The minimum Gasteiger partial charge on any atom is -0.496 e. The Bertz CT molecular complexity index is 992. The topological polar surface area (TPSA) is 64.6 Å². The lowest BCUT2D eigenvalue weighted by Gasteiger charge is -2.39. The monoisotopic (exact) mass is 409 g/mol. The molecule has 4 rings (SSSR count). The van der Waals surface area contributed by atoms with Crippen molar-refractivity contribution in [1.82, 2.24) is 5.32 Å². The molecule has 0 amide bonds. The predicted octanol–water partition coefficient (Wildman–Crippen LogP) is 4.15. The third-order valence-corrected chi connectivity index (χ3v) is 6.68. The summed E-state index contributed by atoms with van der Waals surface area (Å²) < 4.78 is 10.5. The Morgan fingerprint density at radius 3 is 2.66 bits per heavy atom.